The van der Waals surface area contributed by atoms with Gasteiger partial charge in [0.1, 0.15) is 0 Å². The zero-order chi connectivity index (χ0) is 7.11. The molecule has 0 aromatic carbocycles. The molecule has 0 aromatic heterocycles. The van der Waals surface area contributed by atoms with Gasteiger partial charge in [0.25, 0.3) is 0 Å². The summed E-state index contributed by atoms with van der Waals surface area (Å²) in [5.74, 6) is 2.12. The summed E-state index contributed by atoms with van der Waals surface area (Å²) in [5.41, 5.74) is 1.92. The average molecular weight is 129 g/mol. The van der Waals surface area contributed by atoms with Crippen LogP contribution < -0.4 is 5.48 Å². The van der Waals surface area contributed by atoms with Crippen molar-refractivity contribution in [2.45, 2.75) is 0 Å². The number of nitrogens with one attached hydrogen (secondary N) is 1. The first kappa shape index (κ1) is 7.79. The largest absolute Gasteiger partial charge is 0.435 e. The fourth-order valence-electron chi connectivity index (χ4n) is 0.220. The zero-order valence-electron chi connectivity index (χ0n) is 5.01. The highest BCUT2D eigenvalue weighted by Crippen LogP contribution is 1.73. The Hall–Kier alpha value is -1.21. The lowest BCUT2D eigenvalue weighted by Gasteiger charge is -1.98. The number of hydrogen-bond acceptors (Lipinski definition) is 3. The average Bonchev–Trinajstić information content (AvgIpc) is 1.85. The summed E-state index contributed by atoms with van der Waals surface area (Å²) >= 11 is 0. The number of terminal acetylenes is 1. The van der Waals surface area contributed by atoms with Crippen molar-refractivity contribution in [1.82, 2.24) is 5.48 Å². The molecular formula is C5H7NO3. The van der Waals surface area contributed by atoms with Gasteiger partial charge >= 0.3 is 6.09 Å². The fraction of sp³-hybridized carbons (Fsp3) is 0.400. The first-order valence-corrected chi connectivity index (χ1v) is 2.20. The maximum Gasteiger partial charge on any atom is 0.432 e. The van der Waals surface area contributed by atoms with Gasteiger partial charge in [-0.1, -0.05) is 5.92 Å². The molecule has 0 heterocycles. The van der Waals surface area contributed by atoms with Crippen LogP contribution >= 0.6 is 0 Å². The van der Waals surface area contributed by atoms with Gasteiger partial charge in [-0.25, -0.2) is 4.79 Å². The molecule has 50 valence electrons. The molecule has 1 N–H and O–H groups in total. The Kier molecular flexibility index (Phi) is 4.27. The Balaban J connectivity index is 3.19. The van der Waals surface area contributed by atoms with Gasteiger partial charge in [0, 0.05) is 0 Å². The van der Waals surface area contributed by atoms with E-state index in [2.05, 4.69) is 15.5 Å². The van der Waals surface area contributed by atoms with Crippen molar-refractivity contribution >= 4 is 6.09 Å². The van der Waals surface area contributed by atoms with Crippen molar-refractivity contribution in [3.05, 3.63) is 0 Å². The van der Waals surface area contributed by atoms with Crippen molar-refractivity contribution in [2.24, 2.45) is 0 Å². The summed E-state index contributed by atoms with van der Waals surface area (Å²) in [6.45, 7) is -0.0464. The molecule has 0 fully saturated rings. The minimum atomic E-state index is -0.685. The first-order chi connectivity index (χ1) is 4.31. The SMILES string of the molecule is C#CCOC(=O)NOC. The van der Waals surface area contributed by atoms with Crippen molar-refractivity contribution in [3.63, 3.8) is 0 Å². The van der Waals surface area contributed by atoms with E-state index < -0.39 is 6.09 Å². The third-order valence-corrected chi connectivity index (χ3v) is 0.472. The van der Waals surface area contributed by atoms with Crippen molar-refractivity contribution in [1.29, 1.82) is 0 Å². The van der Waals surface area contributed by atoms with Gasteiger partial charge in [-0.05, 0) is 0 Å². The summed E-state index contributed by atoms with van der Waals surface area (Å²) in [7, 11) is 1.30. The molecule has 0 aliphatic rings. The van der Waals surface area contributed by atoms with Gasteiger partial charge in [0.15, 0.2) is 6.61 Å². The molecule has 0 radical (unpaired) electrons. The van der Waals surface area contributed by atoms with Crippen LogP contribution in [-0.2, 0) is 9.57 Å². The molecular weight excluding hydrogens is 122 g/mol. The van der Waals surface area contributed by atoms with Crippen LogP contribution in [0.3, 0.4) is 0 Å². The predicted octanol–water partition coefficient (Wildman–Crippen LogP) is -0.0928. The summed E-state index contributed by atoms with van der Waals surface area (Å²) in [6.07, 6.45) is 4.09. The number of amides is 1. The molecule has 0 spiro atoms. The van der Waals surface area contributed by atoms with Gasteiger partial charge in [-0.3, -0.25) is 4.84 Å². The van der Waals surface area contributed by atoms with Gasteiger partial charge in [0.2, 0.25) is 0 Å². The zero-order valence-corrected chi connectivity index (χ0v) is 5.01. The van der Waals surface area contributed by atoms with Gasteiger partial charge in [-0.2, -0.15) is 5.48 Å². The minimum absolute atomic E-state index is 0.0464. The highest BCUT2D eigenvalue weighted by molar-refractivity contribution is 5.65. The van der Waals surface area contributed by atoms with E-state index in [1.54, 1.807) is 0 Å². The minimum Gasteiger partial charge on any atom is -0.435 e. The number of rotatable bonds is 2. The van der Waals surface area contributed by atoms with Crippen LogP contribution in [0.1, 0.15) is 0 Å². The molecule has 0 unspecified atom stereocenters. The molecule has 0 bridgehead atoms. The van der Waals surface area contributed by atoms with E-state index in [0.717, 1.165) is 0 Å². The van der Waals surface area contributed by atoms with E-state index in [1.807, 2.05) is 5.48 Å². The topological polar surface area (TPSA) is 47.6 Å². The molecule has 0 aliphatic carbocycles. The summed E-state index contributed by atoms with van der Waals surface area (Å²) in [6, 6.07) is 0. The Morgan fingerprint density at radius 3 is 3.00 bits per heavy atom. The van der Waals surface area contributed by atoms with E-state index in [-0.39, 0.29) is 6.61 Å². The van der Waals surface area contributed by atoms with Crippen LogP contribution in [0, 0.1) is 12.3 Å². The summed E-state index contributed by atoms with van der Waals surface area (Å²) in [4.78, 5) is 14.5. The van der Waals surface area contributed by atoms with E-state index in [9.17, 15) is 4.79 Å². The molecule has 0 saturated heterocycles. The molecule has 4 heteroatoms. The van der Waals surface area contributed by atoms with E-state index in [0.29, 0.717) is 0 Å². The maximum absolute atomic E-state index is 10.2. The first-order valence-electron chi connectivity index (χ1n) is 2.20. The number of hydroxylamine groups is 1. The lowest BCUT2D eigenvalue weighted by atomic mass is 10.8. The molecule has 4 nitrogen and oxygen atoms in total. The molecule has 0 atom stereocenters. The van der Waals surface area contributed by atoms with Gasteiger partial charge in [0.05, 0.1) is 7.11 Å². The molecule has 0 saturated carbocycles. The smallest absolute Gasteiger partial charge is 0.432 e. The van der Waals surface area contributed by atoms with E-state index in [4.69, 9.17) is 6.42 Å². The Bertz CT molecular complexity index is 127. The third-order valence-electron chi connectivity index (χ3n) is 0.472. The van der Waals surface area contributed by atoms with Crippen molar-refractivity contribution in [2.75, 3.05) is 13.7 Å². The van der Waals surface area contributed by atoms with Crippen LogP contribution in [0.5, 0.6) is 0 Å². The van der Waals surface area contributed by atoms with Crippen molar-refractivity contribution < 1.29 is 14.4 Å². The quantitative estimate of drug-likeness (QED) is 0.418. The maximum atomic E-state index is 10.2. The fourth-order valence-corrected chi connectivity index (χ4v) is 0.220. The second-order valence-electron chi connectivity index (χ2n) is 1.09. The molecule has 0 aliphatic heterocycles. The van der Waals surface area contributed by atoms with E-state index >= 15 is 0 Å². The Morgan fingerprint density at radius 1 is 1.89 bits per heavy atom. The van der Waals surface area contributed by atoms with Crippen LogP contribution in [-0.4, -0.2) is 19.8 Å². The number of carbonyl (C=O) groups excluding carboxylic acids is 1. The van der Waals surface area contributed by atoms with Crippen LogP contribution in [0.2, 0.25) is 0 Å². The molecule has 9 heavy (non-hydrogen) atoms. The lowest BCUT2D eigenvalue weighted by molar-refractivity contribution is 0.0647. The molecule has 1 amide bonds. The predicted molar refractivity (Wildman–Crippen MR) is 30.3 cm³/mol. The van der Waals surface area contributed by atoms with E-state index in [1.165, 1.54) is 7.11 Å². The van der Waals surface area contributed by atoms with Crippen molar-refractivity contribution in [3.8, 4) is 12.3 Å². The van der Waals surface area contributed by atoms with Crippen LogP contribution in [0.25, 0.3) is 0 Å². The number of carbonyl (C=O) groups is 1. The summed E-state index contributed by atoms with van der Waals surface area (Å²) < 4.78 is 4.32. The summed E-state index contributed by atoms with van der Waals surface area (Å²) in [5, 5.41) is 0. The Labute approximate surface area is 53.1 Å². The second kappa shape index (κ2) is 4.94. The van der Waals surface area contributed by atoms with Gasteiger partial charge in [-0.15, -0.1) is 6.42 Å². The van der Waals surface area contributed by atoms with Crippen LogP contribution in [0.15, 0.2) is 0 Å². The van der Waals surface area contributed by atoms with Crippen LogP contribution in [0.4, 0.5) is 4.79 Å². The van der Waals surface area contributed by atoms with Gasteiger partial charge < -0.3 is 4.74 Å². The molecule has 0 aromatic rings. The highest BCUT2D eigenvalue weighted by atomic mass is 16.7. The normalized spacial score (nSPS) is 7.56. The highest BCUT2D eigenvalue weighted by Gasteiger charge is 1.95. The monoisotopic (exact) mass is 129 g/mol. The second-order valence-corrected chi connectivity index (χ2v) is 1.09. The number of hydrogen-bond donors (Lipinski definition) is 1. The lowest BCUT2D eigenvalue weighted by Crippen LogP contribution is -2.22. The number of ether oxygens (including phenoxy) is 1. The third kappa shape index (κ3) is 4.65. The molecule has 0 rings (SSSR count). The standard InChI is InChI=1S/C5H7NO3/c1-3-4-9-5(7)6-8-2/h1H,4H2,2H3,(H,6,7). The Morgan fingerprint density at radius 2 is 2.56 bits per heavy atom.